The molecule has 1 unspecified atom stereocenters. The highest BCUT2D eigenvalue weighted by molar-refractivity contribution is 6.30. The highest BCUT2D eigenvalue weighted by Gasteiger charge is 2.23. The van der Waals surface area contributed by atoms with Gasteiger partial charge in [0.15, 0.2) is 5.82 Å². The third kappa shape index (κ3) is 4.84. The summed E-state index contributed by atoms with van der Waals surface area (Å²) in [7, 11) is 0. The van der Waals surface area contributed by atoms with Crippen LogP contribution in [0.25, 0.3) is 17.1 Å². The number of amides is 1. The van der Waals surface area contributed by atoms with Crippen LogP contribution in [-0.4, -0.2) is 31.7 Å². The Kier molecular flexibility index (Phi) is 6.28. The van der Waals surface area contributed by atoms with E-state index in [2.05, 4.69) is 15.4 Å². The molecule has 7 nitrogen and oxygen atoms in total. The smallest absolute Gasteiger partial charge is 0.305 e. The van der Waals surface area contributed by atoms with Crippen LogP contribution in [-0.2, 0) is 4.79 Å². The summed E-state index contributed by atoms with van der Waals surface area (Å²) in [6.45, 7) is 0. The molecule has 0 aliphatic carbocycles. The van der Waals surface area contributed by atoms with Crippen LogP contribution in [0.3, 0.4) is 0 Å². The fourth-order valence-electron chi connectivity index (χ4n) is 3.30. The number of aliphatic carboxylic acids is 1. The lowest BCUT2D eigenvalue weighted by Crippen LogP contribution is -2.31. The van der Waals surface area contributed by atoms with E-state index in [9.17, 15) is 14.7 Å². The van der Waals surface area contributed by atoms with Gasteiger partial charge in [0.25, 0.3) is 5.91 Å². The number of para-hydroxylation sites is 1. The number of halogens is 1. The van der Waals surface area contributed by atoms with Gasteiger partial charge in [0.2, 0.25) is 5.82 Å². The van der Waals surface area contributed by atoms with Crippen molar-refractivity contribution in [3.63, 3.8) is 0 Å². The maximum absolute atomic E-state index is 13.0. The van der Waals surface area contributed by atoms with Gasteiger partial charge in [-0.25, -0.2) is 9.67 Å². The Labute approximate surface area is 189 Å². The van der Waals surface area contributed by atoms with Crippen molar-refractivity contribution in [3.05, 3.63) is 101 Å². The van der Waals surface area contributed by atoms with Gasteiger partial charge in [0.05, 0.1) is 18.2 Å². The summed E-state index contributed by atoms with van der Waals surface area (Å²) in [4.78, 5) is 28.9. The lowest BCUT2D eigenvalue weighted by molar-refractivity contribution is -0.137. The normalized spacial score (nSPS) is 11.7. The molecule has 160 valence electrons. The minimum atomic E-state index is -1.05. The maximum Gasteiger partial charge on any atom is 0.305 e. The Bertz CT molecular complexity index is 1190. The van der Waals surface area contributed by atoms with Crippen LogP contribution in [0.2, 0.25) is 5.02 Å². The predicted octanol–water partition coefficient (Wildman–Crippen LogP) is 4.53. The number of hydrogen-bond acceptors (Lipinski definition) is 4. The van der Waals surface area contributed by atoms with Crippen molar-refractivity contribution >= 4 is 23.5 Å². The summed E-state index contributed by atoms with van der Waals surface area (Å²) in [5.41, 5.74) is 2.12. The van der Waals surface area contributed by atoms with E-state index in [0.717, 1.165) is 11.3 Å². The van der Waals surface area contributed by atoms with Gasteiger partial charge < -0.3 is 10.4 Å². The van der Waals surface area contributed by atoms with Gasteiger partial charge in [-0.15, -0.1) is 5.10 Å². The van der Waals surface area contributed by atoms with Gasteiger partial charge in [-0.1, -0.05) is 72.3 Å². The molecule has 0 fully saturated rings. The topological polar surface area (TPSA) is 97.1 Å². The van der Waals surface area contributed by atoms with Gasteiger partial charge in [0.1, 0.15) is 0 Å². The van der Waals surface area contributed by atoms with Crippen molar-refractivity contribution < 1.29 is 14.7 Å². The molecule has 8 heteroatoms. The lowest BCUT2D eigenvalue weighted by atomic mass is 10.0. The third-order valence-electron chi connectivity index (χ3n) is 4.78. The van der Waals surface area contributed by atoms with E-state index in [1.54, 1.807) is 28.9 Å². The molecule has 0 bridgehead atoms. The van der Waals surface area contributed by atoms with Crippen molar-refractivity contribution in [2.24, 2.45) is 0 Å². The molecule has 0 saturated carbocycles. The molecule has 1 aromatic heterocycles. The van der Waals surface area contributed by atoms with E-state index in [1.807, 2.05) is 60.7 Å². The Morgan fingerprint density at radius 3 is 2.31 bits per heavy atom. The summed E-state index contributed by atoms with van der Waals surface area (Å²) in [5, 5.41) is 16.9. The number of hydrogen-bond donors (Lipinski definition) is 2. The molecule has 32 heavy (non-hydrogen) atoms. The fraction of sp³-hybridized carbons (Fsp3) is 0.0833. The molecular formula is C24H19ClN4O3. The van der Waals surface area contributed by atoms with E-state index in [-0.39, 0.29) is 12.2 Å². The van der Waals surface area contributed by atoms with Crippen LogP contribution in [0.15, 0.2) is 84.9 Å². The monoisotopic (exact) mass is 446 g/mol. The summed E-state index contributed by atoms with van der Waals surface area (Å²) < 4.78 is 1.59. The summed E-state index contributed by atoms with van der Waals surface area (Å²) in [6.07, 6.45) is -0.309. The average molecular weight is 447 g/mol. The first-order valence-corrected chi connectivity index (χ1v) is 10.2. The van der Waals surface area contributed by atoms with Crippen LogP contribution < -0.4 is 5.32 Å². The third-order valence-corrected chi connectivity index (χ3v) is 5.01. The Hall–Kier alpha value is -3.97. The zero-order valence-corrected chi connectivity index (χ0v) is 17.6. The summed E-state index contributed by atoms with van der Waals surface area (Å²) >= 11 is 6.05. The fourth-order valence-corrected chi connectivity index (χ4v) is 3.50. The number of carbonyl (C=O) groups is 2. The van der Waals surface area contributed by atoms with Crippen molar-refractivity contribution in [2.45, 2.75) is 12.5 Å². The zero-order valence-electron chi connectivity index (χ0n) is 16.9. The molecule has 0 aliphatic heterocycles. The molecule has 0 aliphatic rings. The second-order valence-corrected chi connectivity index (χ2v) is 7.49. The Morgan fingerprint density at radius 1 is 0.969 bits per heavy atom. The number of carbonyl (C=O) groups excluding carboxylic acids is 1. The number of carboxylic acid groups (broad SMARTS) is 1. The van der Waals surface area contributed by atoms with Crippen molar-refractivity contribution in [1.82, 2.24) is 20.1 Å². The highest BCUT2D eigenvalue weighted by atomic mass is 35.5. The predicted molar refractivity (Wildman–Crippen MR) is 121 cm³/mol. The van der Waals surface area contributed by atoms with E-state index >= 15 is 0 Å². The SMILES string of the molecule is O=C(O)CC(NC(=O)c1nc(-c2ccccc2)n(-c2ccccc2)n1)c1cccc(Cl)c1. The molecule has 1 amide bonds. The molecule has 0 saturated heterocycles. The number of aromatic nitrogens is 3. The number of nitrogens with one attached hydrogen (secondary N) is 1. The second-order valence-electron chi connectivity index (χ2n) is 7.05. The Balaban J connectivity index is 1.70. The van der Waals surface area contributed by atoms with Crippen LogP contribution >= 0.6 is 11.6 Å². The van der Waals surface area contributed by atoms with E-state index < -0.39 is 17.9 Å². The van der Waals surface area contributed by atoms with Gasteiger partial charge in [-0.3, -0.25) is 9.59 Å². The van der Waals surface area contributed by atoms with Crippen molar-refractivity contribution in [2.75, 3.05) is 0 Å². The number of benzene rings is 3. The maximum atomic E-state index is 13.0. The van der Waals surface area contributed by atoms with Crippen molar-refractivity contribution in [1.29, 1.82) is 0 Å². The lowest BCUT2D eigenvalue weighted by Gasteiger charge is -2.16. The van der Waals surface area contributed by atoms with Crippen LogP contribution in [0.5, 0.6) is 0 Å². The van der Waals surface area contributed by atoms with Gasteiger partial charge >= 0.3 is 5.97 Å². The molecule has 4 rings (SSSR count). The van der Waals surface area contributed by atoms with Crippen LogP contribution in [0.1, 0.15) is 28.6 Å². The Morgan fingerprint density at radius 2 is 1.66 bits per heavy atom. The van der Waals surface area contributed by atoms with Crippen molar-refractivity contribution in [3.8, 4) is 17.1 Å². The first-order valence-electron chi connectivity index (χ1n) is 9.87. The standard InChI is InChI=1S/C24H19ClN4O3/c25-18-11-7-10-17(14-18)20(15-21(30)31)26-24(32)22-27-23(16-8-3-1-4-9-16)29(28-22)19-12-5-2-6-13-19/h1-14,20H,15H2,(H,26,32)(H,30,31). The highest BCUT2D eigenvalue weighted by Crippen LogP contribution is 2.23. The molecular weight excluding hydrogens is 428 g/mol. The zero-order chi connectivity index (χ0) is 22.5. The van der Waals surface area contributed by atoms with Gasteiger partial charge in [-0.2, -0.15) is 0 Å². The van der Waals surface area contributed by atoms with E-state index in [0.29, 0.717) is 16.4 Å². The van der Waals surface area contributed by atoms with Crippen LogP contribution in [0.4, 0.5) is 0 Å². The molecule has 4 aromatic rings. The molecule has 1 atom stereocenters. The second kappa shape index (κ2) is 9.45. The minimum Gasteiger partial charge on any atom is -0.481 e. The quantitative estimate of drug-likeness (QED) is 0.434. The molecule has 0 spiro atoms. The first-order chi connectivity index (χ1) is 15.5. The van der Waals surface area contributed by atoms with E-state index in [4.69, 9.17) is 11.6 Å². The number of rotatable bonds is 7. The van der Waals surface area contributed by atoms with Gasteiger partial charge in [-0.05, 0) is 29.8 Å². The molecule has 3 aromatic carbocycles. The summed E-state index contributed by atoms with van der Waals surface area (Å²) in [5.74, 6) is -1.20. The molecule has 0 radical (unpaired) electrons. The molecule has 1 heterocycles. The average Bonchev–Trinajstić information content (AvgIpc) is 3.25. The number of carboxylic acids is 1. The minimum absolute atomic E-state index is 0.0647. The van der Waals surface area contributed by atoms with Crippen LogP contribution in [0, 0.1) is 0 Å². The first kappa shape index (κ1) is 21.3. The largest absolute Gasteiger partial charge is 0.481 e. The van der Waals surface area contributed by atoms with E-state index in [1.165, 1.54) is 0 Å². The summed E-state index contributed by atoms with van der Waals surface area (Å²) in [6, 6.07) is 24.7. The van der Waals surface area contributed by atoms with Gasteiger partial charge in [0, 0.05) is 10.6 Å². The molecule has 2 N–H and O–H groups in total. The number of nitrogens with zero attached hydrogens (tertiary/aromatic N) is 3.